The van der Waals surface area contributed by atoms with Crippen molar-refractivity contribution in [2.45, 2.75) is 38.8 Å². The summed E-state index contributed by atoms with van der Waals surface area (Å²) in [6.45, 7) is 7.91. The maximum atomic E-state index is 13.3. The molecule has 30 heavy (non-hydrogen) atoms. The van der Waals surface area contributed by atoms with E-state index in [1.807, 2.05) is 48.2 Å². The second kappa shape index (κ2) is 8.64. The molecule has 0 radical (unpaired) electrons. The summed E-state index contributed by atoms with van der Waals surface area (Å²) in [6, 6.07) is 13.3. The van der Waals surface area contributed by atoms with Gasteiger partial charge in [-0.3, -0.25) is 14.2 Å². The first-order chi connectivity index (χ1) is 14.4. The van der Waals surface area contributed by atoms with Gasteiger partial charge in [0, 0.05) is 13.1 Å². The minimum Gasteiger partial charge on any atom is -0.342 e. The zero-order valence-electron chi connectivity index (χ0n) is 17.7. The number of fused-ring (bicyclic) bond motifs is 1. The van der Waals surface area contributed by atoms with Crippen LogP contribution in [-0.4, -0.2) is 39.2 Å². The molecule has 0 aliphatic carbocycles. The first-order valence-corrected chi connectivity index (χ1v) is 11.4. The van der Waals surface area contributed by atoms with Gasteiger partial charge in [-0.2, -0.15) is 0 Å². The third kappa shape index (κ3) is 4.15. The van der Waals surface area contributed by atoms with E-state index in [4.69, 9.17) is 4.98 Å². The van der Waals surface area contributed by atoms with Gasteiger partial charge in [0.1, 0.15) is 0 Å². The predicted molar refractivity (Wildman–Crippen MR) is 123 cm³/mol. The Balaban J connectivity index is 1.71. The highest BCUT2D eigenvalue weighted by Gasteiger charge is 2.22. The highest BCUT2D eigenvalue weighted by atomic mass is 32.2. The number of nitrogens with zero attached hydrogens (tertiary/aromatic N) is 3. The molecular formula is C24H27N3O2S. The normalized spacial score (nSPS) is 16.8. The number of likely N-dealkylation sites (tertiary alicyclic amines) is 1. The molecule has 1 aromatic heterocycles. The van der Waals surface area contributed by atoms with Gasteiger partial charge in [0.25, 0.3) is 5.56 Å². The number of amides is 1. The van der Waals surface area contributed by atoms with Crippen LogP contribution >= 0.6 is 11.8 Å². The van der Waals surface area contributed by atoms with Crippen molar-refractivity contribution in [3.05, 3.63) is 63.9 Å². The van der Waals surface area contributed by atoms with Gasteiger partial charge >= 0.3 is 0 Å². The number of para-hydroxylation sites is 1. The van der Waals surface area contributed by atoms with E-state index >= 15 is 0 Å². The molecule has 0 spiro atoms. The van der Waals surface area contributed by atoms with E-state index < -0.39 is 0 Å². The third-order valence-electron chi connectivity index (χ3n) is 5.83. The van der Waals surface area contributed by atoms with E-state index in [2.05, 4.69) is 13.8 Å². The van der Waals surface area contributed by atoms with Crippen molar-refractivity contribution in [3.8, 4) is 5.69 Å². The largest absolute Gasteiger partial charge is 0.342 e. The van der Waals surface area contributed by atoms with Crippen LogP contribution in [0.15, 0.2) is 52.4 Å². The Labute approximate surface area is 181 Å². The van der Waals surface area contributed by atoms with Crippen molar-refractivity contribution in [1.29, 1.82) is 0 Å². The molecule has 1 amide bonds. The summed E-state index contributed by atoms with van der Waals surface area (Å²) in [6.07, 6.45) is 2.23. The fraction of sp³-hybridized carbons (Fsp3) is 0.375. The minimum absolute atomic E-state index is 0.106. The number of hydrogen-bond donors (Lipinski definition) is 0. The second-order valence-corrected chi connectivity index (χ2v) is 9.14. The SMILES string of the molecule is Cc1ccc(-n2c(SCC(=O)N3CCC[C@H](C)C3)nc3ccccc3c2=O)cc1C. The molecule has 0 unspecified atom stereocenters. The van der Waals surface area contributed by atoms with Crippen LogP contribution in [0.5, 0.6) is 0 Å². The Bertz CT molecular complexity index is 1150. The number of piperidine rings is 1. The Morgan fingerprint density at radius 1 is 1.17 bits per heavy atom. The summed E-state index contributed by atoms with van der Waals surface area (Å²) in [5.41, 5.74) is 3.61. The molecule has 2 aromatic carbocycles. The van der Waals surface area contributed by atoms with Crippen molar-refractivity contribution in [2.24, 2.45) is 5.92 Å². The number of rotatable bonds is 4. The van der Waals surface area contributed by atoms with Crippen molar-refractivity contribution in [3.63, 3.8) is 0 Å². The van der Waals surface area contributed by atoms with E-state index in [9.17, 15) is 9.59 Å². The van der Waals surface area contributed by atoms with Gasteiger partial charge in [-0.25, -0.2) is 4.98 Å². The molecular weight excluding hydrogens is 394 g/mol. The average molecular weight is 422 g/mol. The summed E-state index contributed by atoms with van der Waals surface area (Å²) in [7, 11) is 0. The van der Waals surface area contributed by atoms with Gasteiger partial charge in [-0.1, -0.05) is 36.9 Å². The monoisotopic (exact) mass is 421 g/mol. The van der Waals surface area contributed by atoms with E-state index in [-0.39, 0.29) is 17.2 Å². The van der Waals surface area contributed by atoms with E-state index in [1.165, 1.54) is 23.7 Å². The molecule has 1 saturated heterocycles. The summed E-state index contributed by atoms with van der Waals surface area (Å²) in [5.74, 6) is 0.934. The van der Waals surface area contributed by atoms with Gasteiger partial charge in [0.2, 0.25) is 5.91 Å². The van der Waals surface area contributed by atoms with Crippen LogP contribution in [0.2, 0.25) is 0 Å². The lowest BCUT2D eigenvalue weighted by molar-refractivity contribution is -0.130. The molecule has 1 aliphatic heterocycles. The van der Waals surface area contributed by atoms with E-state index in [0.29, 0.717) is 22.0 Å². The van der Waals surface area contributed by atoms with Gasteiger partial charge < -0.3 is 4.90 Å². The first kappa shape index (κ1) is 20.7. The third-order valence-corrected chi connectivity index (χ3v) is 6.75. The smallest absolute Gasteiger partial charge is 0.266 e. The molecule has 0 N–H and O–H groups in total. The molecule has 156 valence electrons. The summed E-state index contributed by atoms with van der Waals surface area (Å²) in [4.78, 5) is 32.8. The number of thioether (sulfide) groups is 1. The van der Waals surface area contributed by atoms with Crippen LogP contribution in [0.3, 0.4) is 0 Å². The lowest BCUT2D eigenvalue weighted by atomic mass is 10.0. The first-order valence-electron chi connectivity index (χ1n) is 10.4. The lowest BCUT2D eigenvalue weighted by Crippen LogP contribution is -2.40. The van der Waals surface area contributed by atoms with Crippen molar-refractivity contribution < 1.29 is 4.79 Å². The fourth-order valence-electron chi connectivity index (χ4n) is 3.94. The summed E-state index contributed by atoms with van der Waals surface area (Å²) in [5, 5.41) is 1.14. The van der Waals surface area contributed by atoms with Gasteiger partial charge in [0.05, 0.1) is 22.3 Å². The Morgan fingerprint density at radius 3 is 2.73 bits per heavy atom. The van der Waals surface area contributed by atoms with E-state index in [0.717, 1.165) is 30.8 Å². The molecule has 1 atom stereocenters. The zero-order valence-corrected chi connectivity index (χ0v) is 18.5. The molecule has 2 heterocycles. The van der Waals surface area contributed by atoms with Crippen molar-refractivity contribution in [2.75, 3.05) is 18.8 Å². The highest BCUT2D eigenvalue weighted by molar-refractivity contribution is 7.99. The summed E-state index contributed by atoms with van der Waals surface area (Å²) >= 11 is 1.34. The minimum atomic E-state index is -0.106. The molecule has 4 rings (SSSR count). The van der Waals surface area contributed by atoms with Crippen molar-refractivity contribution >= 4 is 28.6 Å². The van der Waals surface area contributed by atoms with Crippen molar-refractivity contribution in [1.82, 2.24) is 14.5 Å². The van der Waals surface area contributed by atoms with Crippen LogP contribution in [0, 0.1) is 19.8 Å². The van der Waals surface area contributed by atoms with Gasteiger partial charge in [0.15, 0.2) is 5.16 Å². The number of benzene rings is 2. The highest BCUT2D eigenvalue weighted by Crippen LogP contribution is 2.24. The topological polar surface area (TPSA) is 55.2 Å². The molecule has 0 saturated carbocycles. The quantitative estimate of drug-likeness (QED) is 0.464. The number of carbonyl (C=O) groups excluding carboxylic acids is 1. The number of aryl methyl sites for hydroxylation is 2. The van der Waals surface area contributed by atoms with E-state index in [1.54, 1.807) is 10.6 Å². The predicted octanol–water partition coefficient (Wildman–Crippen LogP) is 4.35. The zero-order chi connectivity index (χ0) is 21.3. The Hall–Kier alpha value is -2.60. The number of hydrogen-bond acceptors (Lipinski definition) is 4. The molecule has 5 nitrogen and oxygen atoms in total. The van der Waals surface area contributed by atoms with Crippen LogP contribution < -0.4 is 5.56 Å². The van der Waals surface area contributed by atoms with Crippen LogP contribution in [0.4, 0.5) is 0 Å². The van der Waals surface area contributed by atoms with Crippen LogP contribution in [0.1, 0.15) is 30.9 Å². The van der Waals surface area contributed by atoms with Crippen LogP contribution in [0.25, 0.3) is 16.6 Å². The molecule has 6 heteroatoms. The number of carbonyl (C=O) groups is 1. The molecule has 3 aromatic rings. The van der Waals surface area contributed by atoms with Gasteiger partial charge in [-0.05, 0) is 68.0 Å². The fourth-order valence-corrected chi connectivity index (χ4v) is 4.85. The maximum Gasteiger partial charge on any atom is 0.266 e. The van der Waals surface area contributed by atoms with Gasteiger partial charge in [-0.15, -0.1) is 0 Å². The maximum absolute atomic E-state index is 13.3. The molecule has 1 aliphatic rings. The molecule has 0 bridgehead atoms. The lowest BCUT2D eigenvalue weighted by Gasteiger charge is -2.30. The van der Waals surface area contributed by atoms with Crippen LogP contribution in [-0.2, 0) is 4.79 Å². The Morgan fingerprint density at radius 2 is 1.97 bits per heavy atom. The number of aromatic nitrogens is 2. The standard InChI is InChI=1S/C24H27N3O2S/c1-16-7-6-12-26(14-16)22(28)15-30-24-25-21-9-5-4-8-20(21)23(29)27(24)19-11-10-17(2)18(3)13-19/h4-5,8-11,13,16H,6-7,12,14-15H2,1-3H3/t16-/m0/s1. The Kier molecular flexibility index (Phi) is 5.95. The summed E-state index contributed by atoms with van der Waals surface area (Å²) < 4.78 is 1.64. The second-order valence-electron chi connectivity index (χ2n) is 8.20. The average Bonchev–Trinajstić information content (AvgIpc) is 2.74. The molecule has 1 fully saturated rings.